The predicted molar refractivity (Wildman–Crippen MR) is 91.0 cm³/mol. The van der Waals surface area contributed by atoms with Crippen LogP contribution in [0.5, 0.6) is 5.75 Å². The highest BCUT2D eigenvalue weighted by Gasteiger charge is 2.09. The first kappa shape index (κ1) is 16.3. The van der Waals surface area contributed by atoms with E-state index in [9.17, 15) is 10.1 Å². The third kappa shape index (κ3) is 4.72. The van der Waals surface area contributed by atoms with Crippen LogP contribution >= 0.6 is 0 Å². The van der Waals surface area contributed by atoms with Crippen molar-refractivity contribution in [2.75, 3.05) is 11.9 Å². The number of nitrogens with one attached hydrogen (secondary N) is 1. The molecule has 2 rings (SSSR count). The second-order valence-corrected chi connectivity index (χ2v) is 5.00. The average Bonchev–Trinajstić information content (AvgIpc) is 2.53. The maximum Gasteiger partial charge on any atom is 0.266 e. The van der Waals surface area contributed by atoms with Crippen molar-refractivity contribution in [3.05, 3.63) is 65.2 Å². The number of nitriles is 1. The molecule has 23 heavy (non-hydrogen) atoms. The van der Waals surface area contributed by atoms with Crippen LogP contribution in [0.1, 0.15) is 18.1 Å². The summed E-state index contributed by atoms with van der Waals surface area (Å²) in [5.74, 6) is 0.276. The van der Waals surface area contributed by atoms with Crippen LogP contribution in [-0.4, -0.2) is 12.5 Å². The quantitative estimate of drug-likeness (QED) is 0.672. The molecule has 0 aliphatic carbocycles. The van der Waals surface area contributed by atoms with Crippen molar-refractivity contribution in [2.24, 2.45) is 0 Å². The highest BCUT2D eigenvalue weighted by atomic mass is 16.5. The molecular weight excluding hydrogens is 288 g/mol. The molecule has 0 fully saturated rings. The van der Waals surface area contributed by atoms with Gasteiger partial charge < -0.3 is 10.1 Å². The summed E-state index contributed by atoms with van der Waals surface area (Å²) in [5, 5.41) is 12.0. The zero-order valence-electron chi connectivity index (χ0n) is 13.2. The van der Waals surface area contributed by atoms with E-state index in [4.69, 9.17) is 4.74 Å². The van der Waals surface area contributed by atoms with Crippen LogP contribution in [-0.2, 0) is 4.79 Å². The number of carbonyl (C=O) groups is 1. The molecule has 116 valence electrons. The minimum atomic E-state index is -0.431. The number of amides is 1. The van der Waals surface area contributed by atoms with Crippen LogP contribution < -0.4 is 10.1 Å². The van der Waals surface area contributed by atoms with Crippen LogP contribution in [0.25, 0.3) is 6.08 Å². The Bertz CT molecular complexity index is 773. The number of hydrogen-bond acceptors (Lipinski definition) is 3. The molecule has 0 radical (unpaired) electrons. The van der Waals surface area contributed by atoms with Gasteiger partial charge in [-0.3, -0.25) is 4.79 Å². The lowest BCUT2D eigenvalue weighted by molar-refractivity contribution is -0.112. The number of nitrogens with zero attached hydrogens (tertiary/aromatic N) is 1. The summed E-state index contributed by atoms with van der Waals surface area (Å²) < 4.78 is 5.42. The molecule has 0 spiro atoms. The van der Waals surface area contributed by atoms with Crippen molar-refractivity contribution < 1.29 is 9.53 Å². The van der Waals surface area contributed by atoms with Gasteiger partial charge in [0.15, 0.2) is 0 Å². The van der Waals surface area contributed by atoms with Crippen LogP contribution in [0.3, 0.4) is 0 Å². The predicted octanol–water partition coefficient (Wildman–Crippen LogP) is 3.94. The lowest BCUT2D eigenvalue weighted by Gasteiger charge is -2.06. The summed E-state index contributed by atoms with van der Waals surface area (Å²) in [6, 6.07) is 16.6. The molecule has 1 N–H and O–H groups in total. The van der Waals surface area contributed by atoms with E-state index in [1.165, 1.54) is 0 Å². The Morgan fingerprint density at radius 3 is 2.74 bits per heavy atom. The Labute approximate surface area is 136 Å². The molecule has 2 aromatic rings. The van der Waals surface area contributed by atoms with Crippen LogP contribution in [0.4, 0.5) is 5.69 Å². The lowest BCUT2D eigenvalue weighted by atomic mass is 10.1. The Morgan fingerprint density at radius 1 is 1.26 bits per heavy atom. The van der Waals surface area contributed by atoms with E-state index in [-0.39, 0.29) is 5.57 Å². The summed E-state index contributed by atoms with van der Waals surface area (Å²) >= 11 is 0. The smallest absolute Gasteiger partial charge is 0.266 e. The van der Waals surface area contributed by atoms with Gasteiger partial charge in [0.05, 0.1) is 6.61 Å². The molecule has 0 heterocycles. The standard InChI is InChI=1S/C19H18N2O2/c1-3-23-18-9-5-7-15(12-18)11-16(13-20)19(22)21-17-8-4-6-14(2)10-17/h4-12H,3H2,1-2H3,(H,21,22)/b16-11+. The molecule has 0 atom stereocenters. The van der Waals surface area contributed by atoms with Crippen molar-refractivity contribution in [1.29, 1.82) is 5.26 Å². The average molecular weight is 306 g/mol. The van der Waals surface area contributed by atoms with E-state index in [2.05, 4.69) is 5.32 Å². The fourth-order valence-electron chi connectivity index (χ4n) is 2.10. The topological polar surface area (TPSA) is 62.1 Å². The fraction of sp³-hybridized carbons (Fsp3) is 0.158. The SMILES string of the molecule is CCOc1cccc(/C=C(\C#N)C(=O)Nc2cccc(C)c2)c1. The van der Waals surface area contributed by atoms with Crippen LogP contribution in [0.2, 0.25) is 0 Å². The summed E-state index contributed by atoms with van der Waals surface area (Å²) in [5.41, 5.74) is 2.49. The van der Waals surface area contributed by atoms with Gasteiger partial charge in [-0.2, -0.15) is 5.26 Å². The molecular formula is C19H18N2O2. The summed E-state index contributed by atoms with van der Waals surface area (Å²) in [6.45, 7) is 4.40. The Hall–Kier alpha value is -3.06. The summed E-state index contributed by atoms with van der Waals surface area (Å²) in [7, 11) is 0. The normalized spacial score (nSPS) is 10.7. The van der Waals surface area contributed by atoms with E-state index in [0.717, 1.165) is 11.1 Å². The second-order valence-electron chi connectivity index (χ2n) is 5.00. The molecule has 0 saturated heterocycles. The maximum absolute atomic E-state index is 12.2. The third-order valence-corrected chi connectivity index (χ3v) is 3.12. The Balaban J connectivity index is 2.19. The van der Waals surface area contributed by atoms with Gasteiger partial charge in [0.2, 0.25) is 0 Å². The largest absolute Gasteiger partial charge is 0.494 e. The van der Waals surface area contributed by atoms with Gasteiger partial charge >= 0.3 is 0 Å². The minimum absolute atomic E-state index is 0.0418. The highest BCUT2D eigenvalue weighted by Crippen LogP contribution is 2.17. The van der Waals surface area contributed by atoms with E-state index in [1.54, 1.807) is 18.2 Å². The molecule has 4 heteroatoms. The van der Waals surface area contributed by atoms with Gasteiger partial charge in [0, 0.05) is 5.69 Å². The lowest BCUT2D eigenvalue weighted by Crippen LogP contribution is -2.13. The minimum Gasteiger partial charge on any atom is -0.494 e. The Kier molecular flexibility index (Phi) is 5.54. The van der Waals surface area contributed by atoms with E-state index in [0.29, 0.717) is 18.0 Å². The van der Waals surface area contributed by atoms with Gasteiger partial charge in [0.25, 0.3) is 5.91 Å². The number of benzene rings is 2. The maximum atomic E-state index is 12.2. The number of rotatable bonds is 5. The first-order chi connectivity index (χ1) is 11.1. The van der Waals surface area contributed by atoms with Crippen molar-refractivity contribution in [3.63, 3.8) is 0 Å². The van der Waals surface area contributed by atoms with E-state index >= 15 is 0 Å². The van der Waals surface area contributed by atoms with E-state index < -0.39 is 5.91 Å². The zero-order chi connectivity index (χ0) is 16.7. The number of hydrogen-bond donors (Lipinski definition) is 1. The number of anilines is 1. The molecule has 1 amide bonds. The number of aryl methyl sites for hydroxylation is 1. The molecule has 0 bridgehead atoms. The monoisotopic (exact) mass is 306 g/mol. The third-order valence-electron chi connectivity index (χ3n) is 3.12. The van der Waals surface area contributed by atoms with Crippen molar-refractivity contribution in [2.45, 2.75) is 13.8 Å². The molecule has 0 aliphatic heterocycles. The zero-order valence-corrected chi connectivity index (χ0v) is 13.2. The number of ether oxygens (including phenoxy) is 1. The fourth-order valence-corrected chi connectivity index (χ4v) is 2.10. The summed E-state index contributed by atoms with van der Waals surface area (Å²) in [6.07, 6.45) is 1.55. The van der Waals surface area contributed by atoms with Crippen LogP contribution in [0.15, 0.2) is 54.1 Å². The van der Waals surface area contributed by atoms with Gasteiger partial charge in [-0.05, 0) is 55.3 Å². The highest BCUT2D eigenvalue weighted by molar-refractivity contribution is 6.09. The molecule has 2 aromatic carbocycles. The van der Waals surface area contributed by atoms with Crippen molar-refractivity contribution in [3.8, 4) is 11.8 Å². The Morgan fingerprint density at radius 2 is 2.04 bits per heavy atom. The van der Waals surface area contributed by atoms with E-state index in [1.807, 2.05) is 56.3 Å². The molecule has 0 unspecified atom stereocenters. The second kappa shape index (κ2) is 7.81. The van der Waals surface area contributed by atoms with Gasteiger partial charge in [0.1, 0.15) is 17.4 Å². The molecule has 0 aliphatic rings. The van der Waals surface area contributed by atoms with Gasteiger partial charge in [-0.1, -0.05) is 24.3 Å². The first-order valence-corrected chi connectivity index (χ1v) is 7.35. The van der Waals surface area contributed by atoms with Gasteiger partial charge in [-0.15, -0.1) is 0 Å². The van der Waals surface area contributed by atoms with Gasteiger partial charge in [-0.25, -0.2) is 0 Å². The van der Waals surface area contributed by atoms with Crippen LogP contribution in [0, 0.1) is 18.3 Å². The van der Waals surface area contributed by atoms with Crippen molar-refractivity contribution in [1.82, 2.24) is 0 Å². The molecule has 0 aromatic heterocycles. The summed E-state index contributed by atoms with van der Waals surface area (Å²) in [4.78, 5) is 12.2. The first-order valence-electron chi connectivity index (χ1n) is 7.35. The molecule has 4 nitrogen and oxygen atoms in total. The molecule has 0 saturated carbocycles. The number of carbonyl (C=O) groups excluding carboxylic acids is 1. The van der Waals surface area contributed by atoms with Crippen molar-refractivity contribution >= 4 is 17.7 Å².